The molecule has 0 amide bonds. The summed E-state index contributed by atoms with van der Waals surface area (Å²) in [5.74, 6) is 0.562. The van der Waals surface area contributed by atoms with Crippen molar-refractivity contribution >= 4 is 32.9 Å². The van der Waals surface area contributed by atoms with E-state index in [1.807, 2.05) is 30.3 Å². The van der Waals surface area contributed by atoms with E-state index in [-0.39, 0.29) is 0 Å². The number of pyridine rings is 1. The zero-order chi connectivity index (χ0) is 11.8. The van der Waals surface area contributed by atoms with Crippen LogP contribution in [0.2, 0.25) is 0 Å². The van der Waals surface area contributed by atoms with Crippen molar-refractivity contribution in [1.29, 1.82) is 0 Å². The predicted molar refractivity (Wildman–Crippen MR) is 73.9 cm³/mol. The molecule has 0 unspecified atom stereocenters. The summed E-state index contributed by atoms with van der Waals surface area (Å²) in [7, 11) is 0. The van der Waals surface area contributed by atoms with Crippen LogP contribution in [0.4, 0.5) is 11.5 Å². The average Bonchev–Trinajstić information content (AvgIpc) is 2.72. The Morgan fingerprint density at radius 2 is 1.94 bits per heavy atom. The van der Waals surface area contributed by atoms with Crippen molar-refractivity contribution in [2.45, 2.75) is 0 Å². The fraction of sp³-hybridized carbons (Fsp3) is 0. The van der Waals surface area contributed by atoms with Crippen LogP contribution in [-0.2, 0) is 0 Å². The van der Waals surface area contributed by atoms with Gasteiger partial charge in [-0.25, -0.2) is 4.98 Å². The number of benzene rings is 1. The number of nitrogens with two attached hydrogens (primary N) is 2. The molecule has 1 aromatic carbocycles. The number of fused-ring (bicyclic) bond motifs is 1. The van der Waals surface area contributed by atoms with Gasteiger partial charge < -0.3 is 11.5 Å². The molecule has 4 N–H and O–H groups in total. The van der Waals surface area contributed by atoms with Gasteiger partial charge in [-0.3, -0.25) is 0 Å². The van der Waals surface area contributed by atoms with Gasteiger partial charge in [0.1, 0.15) is 5.82 Å². The number of hydrogen-bond donors (Lipinski definition) is 2. The minimum Gasteiger partial charge on any atom is -0.399 e. The molecule has 3 aromatic rings. The molecule has 3 nitrogen and oxygen atoms in total. The maximum atomic E-state index is 5.88. The first-order valence-corrected chi connectivity index (χ1v) is 6.05. The molecule has 0 aliphatic rings. The third-order valence-electron chi connectivity index (χ3n) is 2.64. The number of anilines is 2. The first-order chi connectivity index (χ1) is 8.24. The van der Waals surface area contributed by atoms with Crippen molar-refractivity contribution in [2.75, 3.05) is 11.5 Å². The second-order valence-electron chi connectivity index (χ2n) is 3.84. The minimum absolute atomic E-state index is 0.562. The molecule has 0 radical (unpaired) electrons. The fourth-order valence-corrected chi connectivity index (χ4v) is 2.90. The highest BCUT2D eigenvalue weighted by Gasteiger charge is 2.07. The van der Waals surface area contributed by atoms with Crippen molar-refractivity contribution in [3.05, 3.63) is 42.6 Å². The van der Waals surface area contributed by atoms with Gasteiger partial charge in [-0.2, -0.15) is 0 Å². The molecule has 0 aliphatic heterocycles. The molecule has 0 spiro atoms. The smallest absolute Gasteiger partial charge is 0.132 e. The second-order valence-corrected chi connectivity index (χ2v) is 4.93. The van der Waals surface area contributed by atoms with Gasteiger partial charge in [-0.15, -0.1) is 11.3 Å². The highest BCUT2D eigenvalue weighted by Crippen LogP contribution is 2.36. The number of rotatable bonds is 1. The third kappa shape index (κ3) is 1.72. The van der Waals surface area contributed by atoms with Crippen molar-refractivity contribution in [1.82, 2.24) is 4.98 Å². The van der Waals surface area contributed by atoms with Crippen molar-refractivity contribution in [3.8, 4) is 10.4 Å². The van der Waals surface area contributed by atoms with Gasteiger partial charge in [0.05, 0.1) is 0 Å². The summed E-state index contributed by atoms with van der Waals surface area (Å²) in [6.45, 7) is 0. The predicted octanol–water partition coefficient (Wildman–Crippen LogP) is 3.13. The minimum atomic E-state index is 0.562. The quantitative estimate of drug-likeness (QED) is 0.643. The summed E-state index contributed by atoms with van der Waals surface area (Å²) < 4.78 is 1.21. The van der Waals surface area contributed by atoms with Gasteiger partial charge in [-0.1, -0.05) is 0 Å². The van der Waals surface area contributed by atoms with E-state index < -0.39 is 0 Å². The number of aromatic nitrogens is 1. The van der Waals surface area contributed by atoms with Crippen LogP contribution in [0.3, 0.4) is 0 Å². The SMILES string of the molecule is Nc1ccc2sc(-c3cccnc3N)cc2c1. The molecule has 2 heterocycles. The molecule has 0 saturated carbocycles. The molecular formula is C13H11N3S. The highest BCUT2D eigenvalue weighted by molar-refractivity contribution is 7.22. The molecule has 2 aromatic heterocycles. The van der Waals surface area contributed by atoms with Crippen LogP contribution in [0.1, 0.15) is 0 Å². The van der Waals surface area contributed by atoms with Crippen molar-refractivity contribution in [3.63, 3.8) is 0 Å². The molecule has 0 atom stereocenters. The second kappa shape index (κ2) is 3.75. The third-order valence-corrected chi connectivity index (χ3v) is 3.79. The van der Waals surface area contributed by atoms with E-state index in [0.29, 0.717) is 5.82 Å². The Morgan fingerprint density at radius 1 is 1.06 bits per heavy atom. The van der Waals surface area contributed by atoms with E-state index >= 15 is 0 Å². The Balaban J connectivity index is 2.22. The standard InChI is InChI=1S/C13H11N3S/c14-9-3-4-11-8(6-9)7-12(17-11)10-2-1-5-16-13(10)15/h1-7H,14H2,(H2,15,16). The maximum absolute atomic E-state index is 5.88. The van der Waals surface area contributed by atoms with Crippen molar-refractivity contribution in [2.24, 2.45) is 0 Å². The van der Waals surface area contributed by atoms with E-state index in [1.165, 1.54) is 4.70 Å². The summed E-state index contributed by atoms with van der Waals surface area (Å²) in [4.78, 5) is 5.22. The van der Waals surface area contributed by atoms with Gasteiger partial charge in [0.2, 0.25) is 0 Å². The van der Waals surface area contributed by atoms with Crippen LogP contribution in [-0.4, -0.2) is 4.98 Å². The van der Waals surface area contributed by atoms with E-state index in [9.17, 15) is 0 Å². The van der Waals surface area contributed by atoms with Crippen LogP contribution < -0.4 is 11.5 Å². The first kappa shape index (κ1) is 10.1. The molecule has 4 heteroatoms. The van der Waals surface area contributed by atoms with Crippen LogP contribution >= 0.6 is 11.3 Å². The number of nitrogens with zero attached hydrogens (tertiary/aromatic N) is 1. The molecule has 0 fully saturated rings. The highest BCUT2D eigenvalue weighted by atomic mass is 32.1. The summed E-state index contributed by atoms with van der Waals surface area (Å²) in [5, 5.41) is 1.15. The van der Waals surface area contributed by atoms with Crippen LogP contribution in [0.25, 0.3) is 20.5 Å². The lowest BCUT2D eigenvalue weighted by atomic mass is 10.2. The Bertz CT molecular complexity index is 688. The van der Waals surface area contributed by atoms with Gasteiger partial charge in [0.25, 0.3) is 0 Å². The molecule has 3 rings (SSSR count). The fourth-order valence-electron chi connectivity index (χ4n) is 1.82. The largest absolute Gasteiger partial charge is 0.399 e. The average molecular weight is 241 g/mol. The van der Waals surface area contributed by atoms with Gasteiger partial charge >= 0.3 is 0 Å². The normalized spacial score (nSPS) is 10.8. The molecule has 84 valence electrons. The molecular weight excluding hydrogens is 230 g/mol. The van der Waals surface area contributed by atoms with Crippen LogP contribution in [0.15, 0.2) is 42.6 Å². The summed E-state index contributed by atoms with van der Waals surface area (Å²) in [6.07, 6.45) is 1.70. The maximum Gasteiger partial charge on any atom is 0.132 e. The Morgan fingerprint density at radius 3 is 2.76 bits per heavy atom. The Kier molecular flexibility index (Phi) is 2.23. The monoisotopic (exact) mass is 241 g/mol. The topological polar surface area (TPSA) is 64.9 Å². The zero-order valence-corrected chi connectivity index (χ0v) is 9.87. The Labute approximate surface area is 103 Å². The van der Waals surface area contributed by atoms with Crippen LogP contribution in [0.5, 0.6) is 0 Å². The summed E-state index contributed by atoms with van der Waals surface area (Å²) >= 11 is 1.70. The summed E-state index contributed by atoms with van der Waals surface area (Å²) in [5.41, 5.74) is 13.4. The molecule has 0 saturated heterocycles. The van der Waals surface area contributed by atoms with Crippen LogP contribution in [0, 0.1) is 0 Å². The molecule has 0 aliphatic carbocycles. The number of nitrogen functional groups attached to an aromatic ring is 2. The Hall–Kier alpha value is -2.07. The zero-order valence-electron chi connectivity index (χ0n) is 9.05. The van der Waals surface area contributed by atoms with E-state index in [1.54, 1.807) is 17.5 Å². The molecule has 0 bridgehead atoms. The lowest BCUT2D eigenvalue weighted by molar-refractivity contribution is 1.34. The van der Waals surface area contributed by atoms with Gasteiger partial charge in [-0.05, 0) is 41.8 Å². The number of hydrogen-bond acceptors (Lipinski definition) is 4. The van der Waals surface area contributed by atoms with Gasteiger partial charge in [0.15, 0.2) is 0 Å². The van der Waals surface area contributed by atoms with E-state index in [0.717, 1.165) is 21.5 Å². The number of thiophene rings is 1. The van der Waals surface area contributed by atoms with E-state index in [4.69, 9.17) is 11.5 Å². The lowest BCUT2D eigenvalue weighted by Crippen LogP contribution is -1.91. The summed E-state index contributed by atoms with van der Waals surface area (Å²) in [6, 6.07) is 11.9. The van der Waals surface area contributed by atoms with E-state index in [2.05, 4.69) is 11.1 Å². The van der Waals surface area contributed by atoms with Gasteiger partial charge in [0, 0.05) is 27.0 Å². The molecule has 17 heavy (non-hydrogen) atoms. The lowest BCUT2D eigenvalue weighted by Gasteiger charge is -1.99. The first-order valence-electron chi connectivity index (χ1n) is 5.24. The van der Waals surface area contributed by atoms with Crippen molar-refractivity contribution < 1.29 is 0 Å².